The molecule has 1 N–H and O–H groups in total. The molecule has 4 aromatic rings. The van der Waals surface area contributed by atoms with E-state index in [1.165, 1.54) is 21.3 Å². The number of halogens is 1. The topological polar surface area (TPSA) is 86.8 Å². The van der Waals surface area contributed by atoms with Crippen molar-refractivity contribution < 1.29 is 18.0 Å². The maximum absolute atomic E-state index is 14.4. The van der Waals surface area contributed by atoms with Gasteiger partial charge in [0.1, 0.15) is 12.6 Å². The molecular formula is C34H36BrN3O4S. The Morgan fingerprint density at radius 2 is 1.40 bits per heavy atom. The van der Waals surface area contributed by atoms with Gasteiger partial charge in [-0.25, -0.2) is 8.42 Å². The van der Waals surface area contributed by atoms with Gasteiger partial charge in [0.2, 0.25) is 11.8 Å². The average Bonchev–Trinajstić information content (AvgIpc) is 3.03. The highest BCUT2D eigenvalue weighted by Crippen LogP contribution is 2.28. The fourth-order valence-electron chi connectivity index (χ4n) is 4.92. The number of likely N-dealkylation sites (N-methyl/N-ethyl adjacent to an activating group) is 1. The number of carbonyl (C=O) groups is 2. The molecule has 0 spiro atoms. The second kappa shape index (κ2) is 15.0. The minimum absolute atomic E-state index is 0.0812. The van der Waals surface area contributed by atoms with Crippen molar-refractivity contribution in [2.45, 2.75) is 44.2 Å². The Morgan fingerprint density at radius 3 is 2.02 bits per heavy atom. The van der Waals surface area contributed by atoms with Crippen molar-refractivity contribution in [3.8, 4) is 0 Å². The van der Waals surface area contributed by atoms with E-state index in [1.54, 1.807) is 30.3 Å². The molecule has 2 amide bonds. The Labute approximate surface area is 262 Å². The SMILES string of the molecule is CCNC(=O)C(Cc1ccccc1)N(Cc1ccc(Br)cc1)C(=O)CN(c1ccccc1CC)S(=O)(=O)c1ccccc1. The Kier molecular flexibility index (Phi) is 11.1. The summed E-state index contributed by atoms with van der Waals surface area (Å²) in [4.78, 5) is 29.6. The first-order valence-corrected chi connectivity index (χ1v) is 16.5. The summed E-state index contributed by atoms with van der Waals surface area (Å²) in [7, 11) is -4.13. The minimum Gasteiger partial charge on any atom is -0.355 e. The van der Waals surface area contributed by atoms with Crippen LogP contribution in [0.1, 0.15) is 30.5 Å². The Bertz CT molecular complexity index is 1610. The van der Waals surface area contributed by atoms with Gasteiger partial charge in [0, 0.05) is 24.0 Å². The van der Waals surface area contributed by atoms with Gasteiger partial charge in [-0.1, -0.05) is 102 Å². The first kappa shape index (κ1) is 32.0. The fraction of sp³-hybridized carbons (Fsp3) is 0.235. The minimum atomic E-state index is -4.13. The number of amides is 2. The second-order valence-electron chi connectivity index (χ2n) is 10.1. The molecule has 43 heavy (non-hydrogen) atoms. The predicted molar refractivity (Wildman–Crippen MR) is 174 cm³/mol. The number of para-hydroxylation sites is 1. The van der Waals surface area contributed by atoms with Gasteiger partial charge in [0.25, 0.3) is 10.0 Å². The number of benzene rings is 4. The summed E-state index contributed by atoms with van der Waals surface area (Å²) in [5.74, 6) is -0.788. The molecule has 0 saturated carbocycles. The molecule has 0 aliphatic heterocycles. The van der Waals surface area contributed by atoms with Crippen LogP contribution in [0.25, 0.3) is 0 Å². The molecule has 0 aromatic heterocycles. The van der Waals surface area contributed by atoms with E-state index in [0.29, 0.717) is 18.7 Å². The largest absolute Gasteiger partial charge is 0.355 e. The van der Waals surface area contributed by atoms with E-state index in [2.05, 4.69) is 21.2 Å². The number of aryl methyl sites for hydroxylation is 1. The van der Waals surface area contributed by atoms with Gasteiger partial charge in [0.05, 0.1) is 10.6 Å². The number of hydrogen-bond donors (Lipinski definition) is 1. The number of nitrogens with zero attached hydrogens (tertiary/aromatic N) is 2. The van der Waals surface area contributed by atoms with Crippen LogP contribution in [0.3, 0.4) is 0 Å². The third kappa shape index (κ3) is 8.12. The smallest absolute Gasteiger partial charge is 0.264 e. The number of anilines is 1. The van der Waals surface area contributed by atoms with Gasteiger partial charge < -0.3 is 10.2 Å². The van der Waals surface area contributed by atoms with Gasteiger partial charge in [-0.05, 0) is 60.4 Å². The molecule has 0 bridgehead atoms. The normalized spacial score (nSPS) is 11.9. The molecule has 7 nitrogen and oxygen atoms in total. The summed E-state index contributed by atoms with van der Waals surface area (Å²) in [6.07, 6.45) is 0.843. The van der Waals surface area contributed by atoms with Crippen LogP contribution in [0, 0.1) is 0 Å². The first-order chi connectivity index (χ1) is 20.7. The Balaban J connectivity index is 1.81. The van der Waals surface area contributed by atoms with Gasteiger partial charge in [0.15, 0.2) is 0 Å². The van der Waals surface area contributed by atoms with Crippen molar-refractivity contribution >= 4 is 43.5 Å². The van der Waals surface area contributed by atoms with Crippen LogP contribution < -0.4 is 9.62 Å². The summed E-state index contributed by atoms with van der Waals surface area (Å²) in [6.45, 7) is 3.81. The average molecular weight is 663 g/mol. The number of rotatable bonds is 13. The van der Waals surface area contributed by atoms with Crippen molar-refractivity contribution in [3.63, 3.8) is 0 Å². The van der Waals surface area contributed by atoms with Crippen LogP contribution in [0.15, 0.2) is 119 Å². The van der Waals surface area contributed by atoms with E-state index < -0.39 is 28.5 Å². The van der Waals surface area contributed by atoms with E-state index in [-0.39, 0.29) is 23.8 Å². The van der Waals surface area contributed by atoms with Crippen molar-refractivity contribution in [2.75, 3.05) is 17.4 Å². The van der Waals surface area contributed by atoms with Crippen molar-refractivity contribution in [1.82, 2.24) is 10.2 Å². The number of carbonyl (C=O) groups excluding carboxylic acids is 2. The van der Waals surface area contributed by atoms with E-state index in [1.807, 2.05) is 80.6 Å². The fourth-order valence-corrected chi connectivity index (χ4v) is 6.66. The third-order valence-electron chi connectivity index (χ3n) is 7.14. The molecule has 0 aliphatic carbocycles. The summed E-state index contributed by atoms with van der Waals surface area (Å²) in [5.41, 5.74) is 2.92. The van der Waals surface area contributed by atoms with E-state index in [0.717, 1.165) is 21.2 Å². The molecule has 0 aliphatic rings. The summed E-state index contributed by atoms with van der Waals surface area (Å²) in [5, 5.41) is 2.88. The molecule has 4 rings (SSSR count). The number of hydrogen-bond acceptors (Lipinski definition) is 4. The molecule has 4 aromatic carbocycles. The van der Waals surface area contributed by atoms with Crippen molar-refractivity contribution in [3.05, 3.63) is 130 Å². The Morgan fingerprint density at radius 1 is 0.791 bits per heavy atom. The first-order valence-electron chi connectivity index (χ1n) is 14.3. The van der Waals surface area contributed by atoms with Crippen LogP contribution >= 0.6 is 15.9 Å². The molecular weight excluding hydrogens is 626 g/mol. The zero-order valence-corrected chi connectivity index (χ0v) is 26.7. The highest BCUT2D eigenvalue weighted by molar-refractivity contribution is 9.10. The van der Waals surface area contributed by atoms with Crippen LogP contribution in [0.5, 0.6) is 0 Å². The van der Waals surface area contributed by atoms with Crippen molar-refractivity contribution in [2.24, 2.45) is 0 Å². The maximum atomic E-state index is 14.4. The zero-order chi connectivity index (χ0) is 30.8. The highest BCUT2D eigenvalue weighted by atomic mass is 79.9. The lowest BCUT2D eigenvalue weighted by molar-refractivity contribution is -0.140. The predicted octanol–water partition coefficient (Wildman–Crippen LogP) is 5.98. The Hall–Kier alpha value is -3.95. The van der Waals surface area contributed by atoms with Crippen molar-refractivity contribution in [1.29, 1.82) is 0 Å². The lowest BCUT2D eigenvalue weighted by Gasteiger charge is -2.34. The van der Waals surface area contributed by atoms with Crippen LogP contribution in [-0.2, 0) is 39.0 Å². The molecule has 9 heteroatoms. The van der Waals surface area contributed by atoms with Gasteiger partial charge in [-0.3, -0.25) is 13.9 Å². The molecule has 1 atom stereocenters. The molecule has 1 unspecified atom stereocenters. The van der Waals surface area contributed by atoms with Crippen LogP contribution in [0.4, 0.5) is 5.69 Å². The summed E-state index contributed by atoms with van der Waals surface area (Å²) < 4.78 is 30.3. The molecule has 0 fully saturated rings. The summed E-state index contributed by atoms with van der Waals surface area (Å²) >= 11 is 3.46. The quantitative estimate of drug-likeness (QED) is 0.191. The highest BCUT2D eigenvalue weighted by Gasteiger charge is 2.35. The van der Waals surface area contributed by atoms with E-state index in [9.17, 15) is 18.0 Å². The van der Waals surface area contributed by atoms with Gasteiger partial charge in [-0.15, -0.1) is 0 Å². The molecule has 0 heterocycles. The van der Waals surface area contributed by atoms with Crippen LogP contribution in [-0.4, -0.2) is 44.3 Å². The monoisotopic (exact) mass is 661 g/mol. The van der Waals surface area contributed by atoms with Gasteiger partial charge in [-0.2, -0.15) is 0 Å². The second-order valence-corrected chi connectivity index (χ2v) is 12.8. The maximum Gasteiger partial charge on any atom is 0.264 e. The molecule has 0 radical (unpaired) electrons. The van der Waals surface area contributed by atoms with E-state index >= 15 is 0 Å². The number of sulfonamides is 1. The van der Waals surface area contributed by atoms with Crippen LogP contribution in [0.2, 0.25) is 0 Å². The third-order valence-corrected chi connectivity index (χ3v) is 9.44. The lowest BCUT2D eigenvalue weighted by Crippen LogP contribution is -2.53. The lowest BCUT2D eigenvalue weighted by atomic mass is 10.0. The zero-order valence-electron chi connectivity index (χ0n) is 24.3. The van der Waals surface area contributed by atoms with E-state index in [4.69, 9.17) is 0 Å². The molecule has 224 valence electrons. The molecule has 0 saturated heterocycles. The standard InChI is InChI=1S/C34H36BrN3O4S/c1-3-28-15-11-12-18-31(28)38(43(41,42)30-16-9-6-10-17-30)25-33(39)37(24-27-19-21-29(35)22-20-27)32(34(40)36-4-2)23-26-13-7-5-8-14-26/h5-22,32H,3-4,23-25H2,1-2H3,(H,36,40). The number of nitrogens with one attached hydrogen (secondary N) is 1. The summed E-state index contributed by atoms with van der Waals surface area (Å²) in [6, 6.07) is 31.4. The van der Waals surface area contributed by atoms with Gasteiger partial charge >= 0.3 is 0 Å².